The lowest BCUT2D eigenvalue weighted by Crippen LogP contribution is -2.30. The largest absolute Gasteiger partial charge is 0.459 e. The molecule has 7 heteroatoms. The third-order valence-electron chi connectivity index (χ3n) is 4.47. The number of fused-ring (bicyclic) bond motifs is 1. The minimum absolute atomic E-state index is 0.0974. The van der Waals surface area contributed by atoms with E-state index in [1.807, 2.05) is 18.2 Å². The number of rotatable bonds is 4. The number of hydrogen-bond acceptors (Lipinski definition) is 4. The molecule has 0 radical (unpaired) electrons. The maximum Gasteiger partial charge on any atom is 0.291 e. The summed E-state index contributed by atoms with van der Waals surface area (Å²) in [4.78, 5) is 36.6. The second-order valence-electron chi connectivity index (χ2n) is 6.39. The zero-order valence-electron chi connectivity index (χ0n) is 14.8. The molecule has 0 saturated heterocycles. The Kier molecular flexibility index (Phi) is 4.63. The number of para-hydroxylation sites is 1. The molecular weight excluding hydrogens is 358 g/mol. The Labute approximate surface area is 160 Å². The Hall–Kier alpha value is -3.87. The molecule has 0 bridgehead atoms. The minimum atomic E-state index is -0.553. The Morgan fingerprint density at radius 3 is 2.36 bits per heavy atom. The summed E-state index contributed by atoms with van der Waals surface area (Å²) in [5, 5.41) is 8.32. The van der Waals surface area contributed by atoms with Gasteiger partial charge in [0.25, 0.3) is 5.91 Å². The lowest BCUT2D eigenvalue weighted by atomic mass is 9.90. The fraction of sp³-hybridized carbons (Fsp3) is 0.0952. The van der Waals surface area contributed by atoms with Crippen molar-refractivity contribution in [1.29, 1.82) is 0 Å². The van der Waals surface area contributed by atoms with Crippen LogP contribution in [0.25, 0.3) is 0 Å². The van der Waals surface area contributed by atoms with Crippen LogP contribution >= 0.6 is 0 Å². The number of carbonyl (C=O) groups is 3. The molecule has 4 rings (SSSR count). The van der Waals surface area contributed by atoms with Gasteiger partial charge in [-0.1, -0.05) is 18.2 Å². The Balaban J connectivity index is 1.44. The highest BCUT2D eigenvalue weighted by molar-refractivity contribution is 6.05. The van der Waals surface area contributed by atoms with E-state index < -0.39 is 5.92 Å². The number of amides is 3. The van der Waals surface area contributed by atoms with Crippen molar-refractivity contribution in [2.75, 3.05) is 16.0 Å². The molecule has 1 atom stereocenters. The van der Waals surface area contributed by atoms with Crippen molar-refractivity contribution < 1.29 is 18.8 Å². The lowest BCUT2D eigenvalue weighted by Gasteiger charge is -2.24. The van der Waals surface area contributed by atoms with E-state index in [1.165, 1.54) is 6.26 Å². The molecule has 1 aliphatic rings. The molecule has 2 aromatic carbocycles. The molecule has 1 aliphatic heterocycles. The van der Waals surface area contributed by atoms with Crippen LogP contribution < -0.4 is 16.0 Å². The van der Waals surface area contributed by atoms with E-state index in [4.69, 9.17) is 4.42 Å². The fourth-order valence-electron chi connectivity index (χ4n) is 3.11. The number of carbonyl (C=O) groups excluding carboxylic acids is 3. The number of furan rings is 1. The first-order valence-electron chi connectivity index (χ1n) is 8.75. The van der Waals surface area contributed by atoms with Crippen LogP contribution in [0, 0.1) is 0 Å². The summed E-state index contributed by atoms with van der Waals surface area (Å²) in [7, 11) is 0. The van der Waals surface area contributed by atoms with Gasteiger partial charge in [-0.15, -0.1) is 0 Å². The van der Waals surface area contributed by atoms with Crippen LogP contribution in [0.2, 0.25) is 0 Å². The predicted molar refractivity (Wildman–Crippen MR) is 104 cm³/mol. The Bertz CT molecular complexity index is 1030. The van der Waals surface area contributed by atoms with Crippen LogP contribution in [0.5, 0.6) is 0 Å². The summed E-state index contributed by atoms with van der Waals surface area (Å²) in [5.41, 5.74) is 2.60. The van der Waals surface area contributed by atoms with Gasteiger partial charge in [0, 0.05) is 23.5 Å². The molecule has 0 fully saturated rings. The number of benzene rings is 2. The van der Waals surface area contributed by atoms with Crippen molar-refractivity contribution in [2.45, 2.75) is 12.3 Å². The maximum atomic E-state index is 12.7. The molecule has 28 heavy (non-hydrogen) atoms. The van der Waals surface area contributed by atoms with Crippen molar-refractivity contribution in [2.24, 2.45) is 0 Å². The number of hydrogen-bond donors (Lipinski definition) is 3. The topological polar surface area (TPSA) is 100 Å². The van der Waals surface area contributed by atoms with Gasteiger partial charge in [0.2, 0.25) is 11.8 Å². The molecule has 7 nitrogen and oxygen atoms in total. The first-order valence-corrected chi connectivity index (χ1v) is 8.75. The summed E-state index contributed by atoms with van der Waals surface area (Å²) in [6, 6.07) is 17.2. The van der Waals surface area contributed by atoms with Gasteiger partial charge in [-0.2, -0.15) is 0 Å². The third kappa shape index (κ3) is 3.64. The van der Waals surface area contributed by atoms with Crippen LogP contribution in [0.4, 0.5) is 17.1 Å². The molecule has 0 saturated carbocycles. The quantitative estimate of drug-likeness (QED) is 0.649. The highest BCUT2D eigenvalue weighted by atomic mass is 16.3. The van der Waals surface area contributed by atoms with Crippen LogP contribution in [-0.4, -0.2) is 17.7 Å². The highest BCUT2D eigenvalue weighted by Gasteiger charge is 2.30. The molecule has 3 N–H and O–H groups in total. The molecule has 1 unspecified atom stereocenters. The van der Waals surface area contributed by atoms with E-state index in [0.29, 0.717) is 17.1 Å². The zero-order valence-corrected chi connectivity index (χ0v) is 14.8. The second kappa shape index (κ2) is 7.40. The van der Waals surface area contributed by atoms with Gasteiger partial charge in [-0.05, 0) is 48.0 Å². The Morgan fingerprint density at radius 2 is 1.64 bits per heavy atom. The number of nitrogens with one attached hydrogen (secondary N) is 3. The molecular formula is C21H17N3O4. The van der Waals surface area contributed by atoms with Gasteiger partial charge >= 0.3 is 0 Å². The van der Waals surface area contributed by atoms with Crippen LogP contribution in [0.1, 0.15) is 28.5 Å². The van der Waals surface area contributed by atoms with Gasteiger partial charge in [0.15, 0.2) is 5.76 Å². The van der Waals surface area contributed by atoms with E-state index >= 15 is 0 Å². The van der Waals surface area contributed by atoms with Gasteiger partial charge < -0.3 is 20.4 Å². The van der Waals surface area contributed by atoms with Crippen molar-refractivity contribution in [3.05, 3.63) is 78.3 Å². The summed E-state index contributed by atoms with van der Waals surface area (Å²) in [6.07, 6.45) is 1.53. The second-order valence-corrected chi connectivity index (χ2v) is 6.39. The summed E-state index contributed by atoms with van der Waals surface area (Å²) >= 11 is 0. The lowest BCUT2D eigenvalue weighted by molar-refractivity contribution is -0.123. The van der Waals surface area contributed by atoms with Crippen molar-refractivity contribution in [1.82, 2.24) is 0 Å². The smallest absolute Gasteiger partial charge is 0.291 e. The van der Waals surface area contributed by atoms with Crippen LogP contribution in [0.3, 0.4) is 0 Å². The summed E-state index contributed by atoms with van der Waals surface area (Å²) < 4.78 is 5.05. The standard InChI is InChI=1S/C21H17N3O4/c25-19-12-16(15-4-1-2-5-17(15)24-19)20(26)22-13-7-9-14(10-8-13)23-21(27)18-6-3-11-28-18/h1-11,16H,12H2,(H,22,26)(H,23,27)(H,24,25). The predicted octanol–water partition coefficient (Wildman–Crippen LogP) is 3.60. The molecule has 0 aliphatic carbocycles. The van der Waals surface area contributed by atoms with E-state index in [-0.39, 0.29) is 29.9 Å². The van der Waals surface area contributed by atoms with Crippen molar-refractivity contribution in [3.8, 4) is 0 Å². The van der Waals surface area contributed by atoms with Crippen molar-refractivity contribution >= 4 is 34.8 Å². The van der Waals surface area contributed by atoms with Crippen LogP contribution in [0.15, 0.2) is 71.3 Å². The average molecular weight is 375 g/mol. The average Bonchev–Trinajstić information content (AvgIpc) is 3.24. The monoisotopic (exact) mass is 375 g/mol. The number of anilines is 3. The zero-order chi connectivity index (χ0) is 19.5. The fourth-order valence-corrected chi connectivity index (χ4v) is 3.11. The first kappa shape index (κ1) is 17.5. The van der Waals surface area contributed by atoms with E-state index in [9.17, 15) is 14.4 Å². The Morgan fingerprint density at radius 1 is 0.929 bits per heavy atom. The SMILES string of the molecule is O=C1CC(C(=O)Nc2ccc(NC(=O)c3ccco3)cc2)c2ccccc2N1. The molecule has 1 aromatic heterocycles. The molecule has 0 spiro atoms. The van der Waals surface area contributed by atoms with E-state index in [1.54, 1.807) is 42.5 Å². The van der Waals surface area contributed by atoms with E-state index in [2.05, 4.69) is 16.0 Å². The first-order chi connectivity index (χ1) is 13.6. The molecule has 140 valence electrons. The molecule has 3 amide bonds. The van der Waals surface area contributed by atoms with Gasteiger partial charge in [-0.3, -0.25) is 14.4 Å². The van der Waals surface area contributed by atoms with Crippen molar-refractivity contribution in [3.63, 3.8) is 0 Å². The summed E-state index contributed by atoms with van der Waals surface area (Å²) in [6.45, 7) is 0. The minimum Gasteiger partial charge on any atom is -0.459 e. The molecule has 2 heterocycles. The maximum absolute atomic E-state index is 12.7. The summed E-state index contributed by atoms with van der Waals surface area (Å²) in [5.74, 6) is -1.13. The van der Waals surface area contributed by atoms with E-state index in [0.717, 1.165) is 5.56 Å². The van der Waals surface area contributed by atoms with Gasteiger partial charge in [-0.25, -0.2) is 0 Å². The molecule has 3 aromatic rings. The normalized spacial score (nSPS) is 15.3. The van der Waals surface area contributed by atoms with Gasteiger partial charge in [0.05, 0.1) is 12.2 Å². The van der Waals surface area contributed by atoms with Gasteiger partial charge in [0.1, 0.15) is 0 Å². The highest BCUT2D eigenvalue weighted by Crippen LogP contribution is 2.32. The third-order valence-corrected chi connectivity index (χ3v) is 4.47. The van der Waals surface area contributed by atoms with Crippen LogP contribution in [-0.2, 0) is 9.59 Å².